The summed E-state index contributed by atoms with van der Waals surface area (Å²) in [4.78, 5) is 8.36. The molecular formula is C29H39ClO3S. The number of para-hydroxylation sites is 1. The van der Waals surface area contributed by atoms with Gasteiger partial charge in [0.05, 0.1) is 7.11 Å². The number of methoxy groups -OCH3 is 1. The van der Waals surface area contributed by atoms with Crippen molar-refractivity contribution >= 4 is 30.7 Å². The van der Waals surface area contributed by atoms with Crippen LogP contribution in [0.4, 0.5) is 0 Å². The van der Waals surface area contributed by atoms with Gasteiger partial charge in [0.2, 0.25) is 0 Å². The monoisotopic (exact) mass is 502 g/mol. The van der Waals surface area contributed by atoms with Crippen molar-refractivity contribution in [2.24, 2.45) is 0 Å². The lowest BCUT2D eigenvalue weighted by atomic mass is 9.84. The van der Waals surface area contributed by atoms with E-state index < -0.39 is 0 Å². The Morgan fingerprint density at radius 1 is 1.00 bits per heavy atom. The van der Waals surface area contributed by atoms with Gasteiger partial charge in [-0.25, -0.2) is 0 Å². The average Bonchev–Trinajstić information content (AvgIpc) is 2.85. The third-order valence-electron chi connectivity index (χ3n) is 5.08. The molecule has 0 fully saturated rings. The average molecular weight is 503 g/mol. The summed E-state index contributed by atoms with van der Waals surface area (Å²) in [5, 5.41) is 7.65. The maximum atomic E-state index is 8.36. The van der Waals surface area contributed by atoms with E-state index in [-0.39, 0.29) is 12.4 Å². The third-order valence-corrected chi connectivity index (χ3v) is 5.32. The highest BCUT2D eigenvalue weighted by molar-refractivity contribution is 7.80. The molecule has 0 aliphatic heterocycles. The number of rotatable bonds is 5. The lowest BCUT2D eigenvalue weighted by molar-refractivity contribution is -0.122. The lowest BCUT2D eigenvalue weighted by Crippen LogP contribution is -2.03. The summed E-state index contributed by atoms with van der Waals surface area (Å²) >= 11 is 10.2. The second-order valence-electron chi connectivity index (χ2n) is 7.08. The van der Waals surface area contributed by atoms with Gasteiger partial charge in [0.15, 0.2) is 0 Å². The molecule has 3 aromatic carbocycles. The summed E-state index contributed by atoms with van der Waals surface area (Å²) in [6, 6.07) is 21.1. The highest BCUT2D eigenvalue weighted by Crippen LogP contribution is 2.40. The molecule has 186 valence electrons. The van der Waals surface area contributed by atoms with Crippen LogP contribution in [0.25, 0.3) is 11.1 Å². The second-order valence-corrected chi connectivity index (χ2v) is 8.15. The van der Waals surface area contributed by atoms with E-state index in [0.717, 1.165) is 28.5 Å². The maximum absolute atomic E-state index is 8.36. The van der Waals surface area contributed by atoms with Gasteiger partial charge in [-0.2, -0.15) is 12.6 Å². The van der Waals surface area contributed by atoms with E-state index in [9.17, 15) is 0 Å². The molecule has 0 spiro atoms. The Morgan fingerprint density at radius 2 is 1.59 bits per heavy atom. The number of hydrogen-bond donors (Lipinski definition) is 2. The third kappa shape index (κ3) is 9.08. The Morgan fingerprint density at radius 3 is 2.15 bits per heavy atom. The highest BCUT2D eigenvalue weighted by atomic mass is 35.5. The first kappa shape index (κ1) is 31.6. The SMILES string of the molecule is CC.CCS.CCc1ccccc1-c1ccc(Cl)cc1C(C)c1cccc(C)c1OC.O=CO. The minimum absolute atomic E-state index is 0.170. The van der Waals surface area contributed by atoms with E-state index in [0.29, 0.717) is 0 Å². The summed E-state index contributed by atoms with van der Waals surface area (Å²) in [5.74, 6) is 2.07. The van der Waals surface area contributed by atoms with Gasteiger partial charge in [0.1, 0.15) is 5.75 Å². The van der Waals surface area contributed by atoms with Crippen LogP contribution in [-0.2, 0) is 11.2 Å². The zero-order valence-corrected chi connectivity index (χ0v) is 23.1. The molecule has 0 saturated carbocycles. The predicted octanol–water partition coefficient (Wildman–Crippen LogP) is 8.70. The van der Waals surface area contributed by atoms with Crippen molar-refractivity contribution in [2.45, 2.75) is 53.9 Å². The van der Waals surface area contributed by atoms with E-state index >= 15 is 0 Å². The lowest BCUT2D eigenvalue weighted by Gasteiger charge is -2.22. The van der Waals surface area contributed by atoms with Crippen LogP contribution < -0.4 is 4.74 Å². The first-order chi connectivity index (χ1) is 16.4. The quantitative estimate of drug-likeness (QED) is 0.271. The molecule has 0 aromatic heterocycles. The van der Waals surface area contributed by atoms with Crippen molar-refractivity contribution < 1.29 is 14.6 Å². The molecule has 0 bridgehead atoms. The molecule has 0 aliphatic carbocycles. The number of ether oxygens (including phenoxy) is 1. The Labute approximate surface area is 216 Å². The van der Waals surface area contributed by atoms with Crippen molar-refractivity contribution in [3.8, 4) is 16.9 Å². The molecule has 1 unspecified atom stereocenters. The Bertz CT molecular complexity index is 989. The topological polar surface area (TPSA) is 46.5 Å². The van der Waals surface area contributed by atoms with Gasteiger partial charge < -0.3 is 9.84 Å². The molecule has 1 N–H and O–H groups in total. The van der Waals surface area contributed by atoms with Gasteiger partial charge in [0, 0.05) is 16.5 Å². The number of halogens is 1. The van der Waals surface area contributed by atoms with Gasteiger partial charge >= 0.3 is 0 Å². The first-order valence-corrected chi connectivity index (χ1v) is 12.6. The molecule has 3 rings (SSSR count). The molecule has 0 saturated heterocycles. The van der Waals surface area contributed by atoms with Crippen LogP contribution in [0.5, 0.6) is 5.75 Å². The smallest absolute Gasteiger partial charge is 0.290 e. The van der Waals surface area contributed by atoms with Crippen molar-refractivity contribution in [3.63, 3.8) is 0 Å². The second kappa shape index (κ2) is 18.0. The number of hydrogen-bond acceptors (Lipinski definition) is 3. The standard InChI is InChI=1S/C24H25ClO.C2H6S.C2H6.CH2O2/c1-5-18-10-6-7-11-21(18)22-14-13-19(25)15-23(22)17(3)20-12-8-9-16(2)24(20)26-4;1-2-3;1-2;2-1-3/h6-15,17H,5H2,1-4H3;3H,2H2,1H3;1-2H3;1H,(H,2,3). The molecule has 3 aromatic rings. The van der Waals surface area contributed by atoms with Crippen LogP contribution in [0.15, 0.2) is 60.7 Å². The molecule has 0 radical (unpaired) electrons. The summed E-state index contributed by atoms with van der Waals surface area (Å²) in [5.41, 5.74) is 7.42. The van der Waals surface area contributed by atoms with E-state index in [2.05, 4.69) is 88.0 Å². The largest absolute Gasteiger partial charge is 0.496 e. The number of carbonyl (C=O) groups is 1. The Balaban J connectivity index is 0.00000121. The summed E-state index contributed by atoms with van der Waals surface area (Å²) in [7, 11) is 1.74. The predicted molar refractivity (Wildman–Crippen MR) is 151 cm³/mol. The van der Waals surface area contributed by atoms with E-state index in [1.807, 2.05) is 26.8 Å². The summed E-state index contributed by atoms with van der Waals surface area (Å²) in [6.45, 7) is 12.2. The minimum Gasteiger partial charge on any atom is -0.496 e. The van der Waals surface area contributed by atoms with E-state index in [4.69, 9.17) is 26.2 Å². The van der Waals surface area contributed by atoms with Gasteiger partial charge in [-0.3, -0.25) is 4.79 Å². The zero-order chi connectivity index (χ0) is 26.1. The maximum Gasteiger partial charge on any atom is 0.290 e. The number of benzene rings is 3. The van der Waals surface area contributed by atoms with Gasteiger partial charge in [0.25, 0.3) is 6.47 Å². The van der Waals surface area contributed by atoms with E-state index in [1.54, 1.807) is 7.11 Å². The van der Waals surface area contributed by atoms with Gasteiger partial charge in [-0.1, -0.05) is 94.8 Å². The van der Waals surface area contributed by atoms with Crippen LogP contribution in [0.2, 0.25) is 5.02 Å². The molecule has 0 heterocycles. The van der Waals surface area contributed by atoms with Gasteiger partial charge in [-0.05, 0) is 59.0 Å². The fourth-order valence-corrected chi connectivity index (χ4v) is 3.87. The molecule has 34 heavy (non-hydrogen) atoms. The highest BCUT2D eigenvalue weighted by Gasteiger charge is 2.20. The summed E-state index contributed by atoms with van der Waals surface area (Å²) in [6.07, 6.45) is 1.00. The fraction of sp³-hybridized carbons (Fsp3) is 0.345. The van der Waals surface area contributed by atoms with Crippen LogP contribution in [0.3, 0.4) is 0 Å². The summed E-state index contributed by atoms with van der Waals surface area (Å²) < 4.78 is 5.71. The van der Waals surface area contributed by atoms with E-state index in [1.165, 1.54) is 27.8 Å². The minimum atomic E-state index is -0.250. The normalized spacial score (nSPS) is 10.3. The van der Waals surface area contributed by atoms with Crippen LogP contribution in [0.1, 0.15) is 62.8 Å². The number of aryl methyl sites for hydroxylation is 2. The Kier molecular flexibility index (Phi) is 16.7. The van der Waals surface area contributed by atoms with Crippen LogP contribution in [0, 0.1) is 6.92 Å². The van der Waals surface area contributed by atoms with Crippen LogP contribution in [-0.4, -0.2) is 24.4 Å². The number of carboxylic acid groups (broad SMARTS) is 1. The molecule has 0 amide bonds. The van der Waals surface area contributed by atoms with Crippen LogP contribution >= 0.6 is 24.2 Å². The van der Waals surface area contributed by atoms with Crippen molar-refractivity contribution in [1.82, 2.24) is 0 Å². The Hall–Kier alpha value is -2.43. The fourth-order valence-electron chi connectivity index (χ4n) is 3.69. The zero-order valence-electron chi connectivity index (χ0n) is 21.4. The van der Waals surface area contributed by atoms with Crippen molar-refractivity contribution in [2.75, 3.05) is 12.9 Å². The van der Waals surface area contributed by atoms with Crippen molar-refractivity contribution in [1.29, 1.82) is 0 Å². The molecular weight excluding hydrogens is 464 g/mol. The van der Waals surface area contributed by atoms with Crippen molar-refractivity contribution in [3.05, 3.63) is 87.9 Å². The number of thiol groups is 1. The molecule has 0 aliphatic rings. The molecule has 1 atom stereocenters. The molecule has 5 heteroatoms. The first-order valence-electron chi connectivity index (χ1n) is 11.6. The molecule has 3 nitrogen and oxygen atoms in total. The van der Waals surface area contributed by atoms with Gasteiger partial charge in [-0.15, -0.1) is 0 Å².